The van der Waals surface area contributed by atoms with Gasteiger partial charge < -0.3 is 15.2 Å². The molecule has 0 heterocycles. The number of nitrogens with two attached hydrogens (primary N) is 1. The molecule has 0 saturated heterocycles. The van der Waals surface area contributed by atoms with Crippen LogP contribution < -0.4 is 5.32 Å². The highest BCUT2D eigenvalue weighted by Gasteiger charge is 1.54. The summed E-state index contributed by atoms with van der Waals surface area (Å²) in [6, 6.07) is 0. The zero-order valence-corrected chi connectivity index (χ0v) is 4.72. The number of carbonyl (C=O) groups excluding carboxylic acids is 1. The number of carbonyl (C=O) groups is 1. The quantitative estimate of drug-likeness (QED) is 0.310. The van der Waals surface area contributed by atoms with Crippen LogP contribution in [0.15, 0.2) is 0 Å². The molecule has 0 saturated carbocycles. The Hall–Kier alpha value is -0.410. The van der Waals surface area contributed by atoms with Crippen molar-refractivity contribution in [1.82, 2.24) is 0 Å². The van der Waals surface area contributed by atoms with Gasteiger partial charge in [-0.1, -0.05) is 0 Å². The van der Waals surface area contributed by atoms with Gasteiger partial charge in [-0.3, -0.25) is 0 Å². The molecule has 3 nitrogen and oxygen atoms in total. The lowest BCUT2D eigenvalue weighted by Gasteiger charge is -1.73. The first-order valence-corrected chi connectivity index (χ1v) is 2.11. The summed E-state index contributed by atoms with van der Waals surface area (Å²) in [6.45, 7) is 1.64. The fourth-order valence-corrected chi connectivity index (χ4v) is 0. The maximum atomic E-state index is 8.81. The average molecular weight is 106 g/mol. The Labute approximate surface area is 43.3 Å². The average Bonchev–Trinajstić information content (AvgIpc) is 1.69. The van der Waals surface area contributed by atoms with Crippen molar-refractivity contribution in [2.45, 2.75) is 6.92 Å². The van der Waals surface area contributed by atoms with Crippen LogP contribution in [0.5, 0.6) is 0 Å². The molecule has 0 spiro atoms. The van der Waals surface area contributed by atoms with Gasteiger partial charge in [0.15, 0.2) is 6.73 Å². The Morgan fingerprint density at radius 1 is 1.86 bits per heavy atom. The molecule has 0 aromatic carbocycles. The van der Waals surface area contributed by atoms with E-state index in [9.17, 15) is 0 Å². The maximum absolute atomic E-state index is 8.81. The SMILES string of the molecule is CC=O.C[NH2+]CO. The van der Waals surface area contributed by atoms with E-state index in [0.29, 0.717) is 0 Å². The molecule has 3 N–H and O–H groups in total. The molecule has 0 aliphatic heterocycles. The van der Waals surface area contributed by atoms with Crippen molar-refractivity contribution < 1.29 is 15.2 Å². The smallest absolute Gasteiger partial charge is 0.176 e. The van der Waals surface area contributed by atoms with Gasteiger partial charge in [-0.25, -0.2) is 0 Å². The second-order valence-electron chi connectivity index (χ2n) is 0.827. The molecule has 0 aromatic heterocycles. The molecule has 0 bridgehead atoms. The summed E-state index contributed by atoms with van der Waals surface area (Å²) in [5.74, 6) is 0. The van der Waals surface area contributed by atoms with Crippen LogP contribution in [0.3, 0.4) is 0 Å². The third-order valence-electron chi connectivity index (χ3n) is 0.183. The summed E-state index contributed by atoms with van der Waals surface area (Å²) in [5, 5.41) is 9.50. The van der Waals surface area contributed by atoms with Crippen LogP contribution in [-0.4, -0.2) is 25.2 Å². The highest BCUT2D eigenvalue weighted by Crippen LogP contribution is 1.13. The summed E-state index contributed by atoms with van der Waals surface area (Å²) in [4.78, 5) is 8.81. The lowest BCUT2D eigenvalue weighted by molar-refractivity contribution is -0.658. The van der Waals surface area contributed by atoms with Crippen molar-refractivity contribution in [3.05, 3.63) is 0 Å². The number of quaternary nitrogens is 1. The Bertz CT molecular complexity index is 28.9. The molecule has 0 fully saturated rings. The van der Waals surface area contributed by atoms with E-state index >= 15 is 0 Å². The van der Waals surface area contributed by atoms with Crippen molar-refractivity contribution in [1.29, 1.82) is 0 Å². The van der Waals surface area contributed by atoms with Gasteiger partial charge in [0.05, 0.1) is 7.05 Å². The van der Waals surface area contributed by atoms with Crippen molar-refractivity contribution in [3.8, 4) is 0 Å². The first-order chi connectivity index (χ1) is 3.33. The van der Waals surface area contributed by atoms with Gasteiger partial charge in [0, 0.05) is 0 Å². The molecule has 0 aromatic rings. The van der Waals surface area contributed by atoms with Crippen molar-refractivity contribution in [3.63, 3.8) is 0 Å². The van der Waals surface area contributed by atoms with E-state index < -0.39 is 0 Å². The van der Waals surface area contributed by atoms with Gasteiger partial charge >= 0.3 is 0 Å². The van der Waals surface area contributed by atoms with E-state index in [-0.39, 0.29) is 6.73 Å². The second-order valence-corrected chi connectivity index (χ2v) is 0.827. The van der Waals surface area contributed by atoms with Crippen molar-refractivity contribution in [2.75, 3.05) is 13.8 Å². The van der Waals surface area contributed by atoms with Crippen LogP contribution in [0.1, 0.15) is 6.92 Å². The fraction of sp³-hybridized carbons (Fsp3) is 0.750. The lowest BCUT2D eigenvalue weighted by Crippen LogP contribution is -2.79. The largest absolute Gasteiger partial charge is 0.347 e. The van der Waals surface area contributed by atoms with E-state index in [2.05, 4.69) is 0 Å². The summed E-state index contributed by atoms with van der Waals surface area (Å²) >= 11 is 0. The first kappa shape index (κ1) is 9.77. The van der Waals surface area contributed by atoms with E-state index in [1.807, 2.05) is 0 Å². The molecular weight excluding hydrogens is 94.0 g/mol. The van der Waals surface area contributed by atoms with Gasteiger partial charge in [-0.05, 0) is 6.92 Å². The van der Waals surface area contributed by atoms with Gasteiger partial charge in [-0.2, -0.15) is 0 Å². The topological polar surface area (TPSA) is 53.9 Å². The predicted molar refractivity (Wildman–Crippen MR) is 26.7 cm³/mol. The van der Waals surface area contributed by atoms with E-state index in [1.165, 1.54) is 6.92 Å². The summed E-state index contributed by atoms with van der Waals surface area (Å²) in [6.07, 6.45) is 0.750. The second kappa shape index (κ2) is 17.6. The summed E-state index contributed by atoms with van der Waals surface area (Å²) < 4.78 is 0. The Morgan fingerprint density at radius 3 is 2.00 bits per heavy atom. The normalized spacial score (nSPS) is 6.14. The van der Waals surface area contributed by atoms with E-state index in [1.54, 1.807) is 12.4 Å². The Balaban J connectivity index is 0. The minimum atomic E-state index is 0.194. The zero-order valence-electron chi connectivity index (χ0n) is 4.72. The highest BCUT2D eigenvalue weighted by atomic mass is 16.3. The molecule has 0 radical (unpaired) electrons. The summed E-state index contributed by atoms with van der Waals surface area (Å²) in [5.41, 5.74) is 0. The van der Waals surface area contributed by atoms with E-state index in [0.717, 1.165) is 6.29 Å². The van der Waals surface area contributed by atoms with Crippen LogP contribution in [0.25, 0.3) is 0 Å². The van der Waals surface area contributed by atoms with E-state index in [4.69, 9.17) is 9.90 Å². The van der Waals surface area contributed by atoms with Crippen molar-refractivity contribution in [2.24, 2.45) is 0 Å². The van der Waals surface area contributed by atoms with Gasteiger partial charge in [0.25, 0.3) is 0 Å². The minimum absolute atomic E-state index is 0.194. The Kier molecular flexibility index (Phi) is 24.5. The van der Waals surface area contributed by atoms with Crippen LogP contribution in [-0.2, 0) is 4.79 Å². The van der Waals surface area contributed by atoms with Crippen LogP contribution in [0.2, 0.25) is 0 Å². The Morgan fingerprint density at radius 2 is 2.00 bits per heavy atom. The van der Waals surface area contributed by atoms with Crippen LogP contribution in [0.4, 0.5) is 0 Å². The van der Waals surface area contributed by atoms with Gasteiger partial charge in [0.1, 0.15) is 6.29 Å². The van der Waals surface area contributed by atoms with Crippen molar-refractivity contribution >= 4 is 6.29 Å². The predicted octanol–water partition coefficient (Wildman–Crippen LogP) is -1.67. The number of hydrogen-bond acceptors (Lipinski definition) is 2. The number of aliphatic hydroxyl groups is 1. The first-order valence-electron chi connectivity index (χ1n) is 2.11. The third kappa shape index (κ3) is 207. The molecule has 0 aliphatic rings. The zero-order chi connectivity index (χ0) is 6.12. The maximum Gasteiger partial charge on any atom is 0.176 e. The number of aliphatic hydroxyl groups excluding tert-OH is 1. The van der Waals surface area contributed by atoms with Crippen LogP contribution >= 0.6 is 0 Å². The number of hydrogen-bond donors (Lipinski definition) is 2. The van der Waals surface area contributed by atoms with Gasteiger partial charge in [-0.15, -0.1) is 0 Å². The number of rotatable bonds is 1. The fourth-order valence-electron chi connectivity index (χ4n) is 0. The number of aldehydes is 1. The third-order valence-corrected chi connectivity index (χ3v) is 0.183. The van der Waals surface area contributed by atoms with Gasteiger partial charge in [0.2, 0.25) is 0 Å². The molecule has 0 aliphatic carbocycles. The standard InChI is InChI=1S/C2H7NO.C2H4O/c1-3-2-4;1-2-3/h3-4H,2H2,1H3;2H,1H3/p+1. The molecule has 0 amide bonds. The monoisotopic (exact) mass is 106 g/mol. The molecule has 3 heteroatoms. The summed E-state index contributed by atoms with van der Waals surface area (Å²) in [7, 11) is 1.81. The minimum Gasteiger partial charge on any atom is -0.347 e. The molecule has 0 unspecified atom stereocenters. The molecule has 7 heavy (non-hydrogen) atoms. The van der Waals surface area contributed by atoms with Crippen LogP contribution in [0, 0.1) is 0 Å². The molecule has 44 valence electrons. The molecule has 0 rings (SSSR count). The lowest BCUT2D eigenvalue weighted by atomic mass is 11.0. The highest BCUT2D eigenvalue weighted by molar-refractivity contribution is 5.44. The molecular formula is C4H12NO2+. The molecule has 0 atom stereocenters.